The standard InChI is InChI=1S/C25H27NO4/c27-18-9-8-17-15-20-25(29)11-10-19(28)23-24(25,21(17)22(18)30-23)12-14-26(20)13-4-7-16-5-2-1-3-6-16/h1-3,5-6,8-9,20,23,27,29H,4,7,10-15H2/t20-,23+,24+,25-/m0/s1. The summed E-state index contributed by atoms with van der Waals surface area (Å²) in [5.41, 5.74) is 1.64. The molecule has 0 radical (unpaired) electrons. The fraction of sp³-hybridized carbons (Fsp3) is 0.480. The zero-order chi connectivity index (χ0) is 20.5. The number of likely N-dealkylation sites (tertiary alicyclic amines) is 1. The lowest BCUT2D eigenvalue weighted by atomic mass is 9.49. The van der Waals surface area contributed by atoms with Crippen LogP contribution in [0.3, 0.4) is 0 Å². The molecular formula is C25H27NO4. The van der Waals surface area contributed by atoms with Crippen LogP contribution in [-0.2, 0) is 23.1 Å². The number of ether oxygens (including phenoxy) is 1. The predicted octanol–water partition coefficient (Wildman–Crippen LogP) is 2.75. The third-order valence-corrected chi connectivity index (χ3v) is 8.12. The summed E-state index contributed by atoms with van der Waals surface area (Å²) in [5, 5.41) is 22.6. The van der Waals surface area contributed by atoms with Gasteiger partial charge in [0, 0.05) is 18.0 Å². The zero-order valence-corrected chi connectivity index (χ0v) is 17.0. The van der Waals surface area contributed by atoms with Gasteiger partial charge in [-0.15, -0.1) is 0 Å². The van der Waals surface area contributed by atoms with Crippen LogP contribution in [0.4, 0.5) is 0 Å². The molecule has 2 aromatic carbocycles. The summed E-state index contributed by atoms with van der Waals surface area (Å²) >= 11 is 0. The molecule has 5 heteroatoms. The van der Waals surface area contributed by atoms with Crippen molar-refractivity contribution in [2.75, 3.05) is 13.1 Å². The Labute approximate surface area is 176 Å². The number of ketones is 1. The molecule has 5 nitrogen and oxygen atoms in total. The van der Waals surface area contributed by atoms with E-state index in [1.165, 1.54) is 5.56 Å². The van der Waals surface area contributed by atoms with Crippen LogP contribution in [-0.4, -0.2) is 51.7 Å². The van der Waals surface area contributed by atoms with Gasteiger partial charge in [0.15, 0.2) is 23.4 Å². The van der Waals surface area contributed by atoms with E-state index in [9.17, 15) is 15.0 Å². The lowest BCUT2D eigenvalue weighted by Crippen LogP contribution is -2.76. The fourth-order valence-electron chi connectivity index (χ4n) is 6.81. The van der Waals surface area contributed by atoms with E-state index >= 15 is 0 Å². The van der Waals surface area contributed by atoms with Crippen molar-refractivity contribution in [1.29, 1.82) is 0 Å². The number of phenolic OH excluding ortho intramolecular Hbond substituents is 1. The number of benzene rings is 2. The number of hydrogen-bond donors (Lipinski definition) is 2. The quantitative estimate of drug-likeness (QED) is 0.819. The monoisotopic (exact) mass is 405 g/mol. The molecular weight excluding hydrogens is 378 g/mol. The SMILES string of the molecule is O=C1CC[C@]2(O)[C@@H]3Cc4ccc(O)c5c4[C@]2(CCN3CCCc2ccccc2)[C@@H]1O5. The van der Waals surface area contributed by atoms with E-state index in [-0.39, 0.29) is 17.6 Å². The van der Waals surface area contributed by atoms with Gasteiger partial charge in [-0.05, 0) is 62.4 Å². The van der Waals surface area contributed by atoms with Crippen molar-refractivity contribution in [3.63, 3.8) is 0 Å². The van der Waals surface area contributed by atoms with E-state index in [2.05, 4.69) is 29.2 Å². The first-order chi connectivity index (χ1) is 14.5. The minimum Gasteiger partial charge on any atom is -0.504 e. The highest BCUT2D eigenvalue weighted by molar-refractivity contribution is 5.90. The van der Waals surface area contributed by atoms with Gasteiger partial charge in [0.2, 0.25) is 0 Å². The maximum atomic E-state index is 12.9. The first-order valence-corrected chi connectivity index (χ1v) is 11.1. The molecule has 1 saturated heterocycles. The number of carbonyl (C=O) groups is 1. The number of hydrogen-bond acceptors (Lipinski definition) is 5. The highest BCUT2D eigenvalue weighted by Gasteiger charge is 2.73. The Hall–Kier alpha value is -2.37. The summed E-state index contributed by atoms with van der Waals surface area (Å²) in [6, 6.07) is 14.1. The summed E-state index contributed by atoms with van der Waals surface area (Å²) in [6.45, 7) is 1.77. The van der Waals surface area contributed by atoms with E-state index in [4.69, 9.17) is 4.74 Å². The Morgan fingerprint density at radius 3 is 2.80 bits per heavy atom. The summed E-state index contributed by atoms with van der Waals surface area (Å²) in [4.78, 5) is 15.3. The summed E-state index contributed by atoms with van der Waals surface area (Å²) < 4.78 is 6.08. The Balaban J connectivity index is 1.35. The molecule has 4 aliphatic rings. The lowest BCUT2D eigenvalue weighted by molar-refractivity contribution is -0.188. The van der Waals surface area contributed by atoms with Crippen molar-refractivity contribution in [3.8, 4) is 11.5 Å². The second kappa shape index (κ2) is 6.32. The average Bonchev–Trinajstić information content (AvgIpc) is 3.11. The van der Waals surface area contributed by atoms with Gasteiger partial charge in [0.25, 0.3) is 0 Å². The van der Waals surface area contributed by atoms with Crippen LogP contribution in [0.1, 0.15) is 42.4 Å². The smallest absolute Gasteiger partial charge is 0.174 e. The molecule has 2 fully saturated rings. The van der Waals surface area contributed by atoms with Gasteiger partial charge < -0.3 is 14.9 Å². The largest absolute Gasteiger partial charge is 0.504 e. The van der Waals surface area contributed by atoms with Gasteiger partial charge in [-0.1, -0.05) is 36.4 Å². The minimum absolute atomic E-state index is 0.0239. The number of aryl methyl sites for hydroxylation is 1. The Kier molecular flexibility index (Phi) is 3.87. The highest BCUT2D eigenvalue weighted by Crippen LogP contribution is 2.64. The topological polar surface area (TPSA) is 70.0 Å². The predicted molar refractivity (Wildman–Crippen MR) is 112 cm³/mol. The van der Waals surface area contributed by atoms with Crippen LogP contribution < -0.4 is 4.74 Å². The van der Waals surface area contributed by atoms with Crippen molar-refractivity contribution in [2.45, 2.75) is 61.7 Å². The number of rotatable bonds is 4. The van der Waals surface area contributed by atoms with E-state index in [1.54, 1.807) is 6.07 Å². The number of piperidine rings is 1. The molecule has 2 aliphatic heterocycles. The van der Waals surface area contributed by atoms with Crippen molar-refractivity contribution in [1.82, 2.24) is 4.90 Å². The zero-order valence-electron chi connectivity index (χ0n) is 17.0. The highest BCUT2D eigenvalue weighted by atomic mass is 16.5. The second-order valence-corrected chi connectivity index (χ2v) is 9.40. The third-order valence-electron chi connectivity index (χ3n) is 8.12. The van der Waals surface area contributed by atoms with Crippen LogP contribution in [0, 0.1) is 0 Å². The maximum absolute atomic E-state index is 12.9. The second-order valence-electron chi connectivity index (χ2n) is 9.40. The number of nitrogens with zero attached hydrogens (tertiary/aromatic N) is 1. The molecule has 6 rings (SSSR count). The van der Waals surface area contributed by atoms with Crippen LogP contribution in [0.2, 0.25) is 0 Å². The van der Waals surface area contributed by atoms with Crippen molar-refractivity contribution in [2.24, 2.45) is 0 Å². The van der Waals surface area contributed by atoms with E-state index in [0.717, 1.165) is 43.5 Å². The van der Waals surface area contributed by atoms with Crippen LogP contribution in [0.15, 0.2) is 42.5 Å². The molecule has 0 aromatic heterocycles. The minimum atomic E-state index is -0.997. The number of aromatic hydroxyl groups is 1. The summed E-state index contributed by atoms with van der Waals surface area (Å²) in [5.74, 6) is 0.568. The Morgan fingerprint density at radius 2 is 1.97 bits per heavy atom. The molecule has 0 unspecified atom stereocenters. The Bertz CT molecular complexity index is 1020. The van der Waals surface area contributed by atoms with Gasteiger partial charge in [0.1, 0.15) is 0 Å². The Morgan fingerprint density at radius 1 is 1.13 bits per heavy atom. The third kappa shape index (κ3) is 2.22. The molecule has 2 aliphatic carbocycles. The van der Waals surface area contributed by atoms with Gasteiger partial charge >= 0.3 is 0 Å². The first kappa shape index (κ1) is 18.4. The number of aliphatic hydroxyl groups is 1. The van der Waals surface area contributed by atoms with E-state index in [1.807, 2.05) is 12.1 Å². The van der Waals surface area contributed by atoms with Crippen molar-refractivity contribution >= 4 is 5.78 Å². The average molecular weight is 405 g/mol. The van der Waals surface area contributed by atoms with E-state index < -0.39 is 17.1 Å². The number of phenols is 1. The van der Waals surface area contributed by atoms with Gasteiger partial charge in [0.05, 0.1) is 11.0 Å². The molecule has 30 heavy (non-hydrogen) atoms. The molecule has 156 valence electrons. The van der Waals surface area contributed by atoms with Gasteiger partial charge in [-0.3, -0.25) is 9.69 Å². The summed E-state index contributed by atoms with van der Waals surface area (Å²) in [6.07, 6.45) is 3.61. The fourth-order valence-corrected chi connectivity index (χ4v) is 6.81. The molecule has 2 bridgehead atoms. The first-order valence-electron chi connectivity index (χ1n) is 11.1. The van der Waals surface area contributed by atoms with Gasteiger partial charge in [-0.25, -0.2) is 0 Å². The normalized spacial score (nSPS) is 33.8. The lowest BCUT2D eigenvalue weighted by Gasteiger charge is -2.62. The van der Waals surface area contributed by atoms with Crippen LogP contribution in [0.25, 0.3) is 0 Å². The maximum Gasteiger partial charge on any atom is 0.174 e. The summed E-state index contributed by atoms with van der Waals surface area (Å²) in [7, 11) is 0. The number of carbonyl (C=O) groups excluding carboxylic acids is 1. The van der Waals surface area contributed by atoms with Crippen LogP contribution >= 0.6 is 0 Å². The molecule has 0 amide bonds. The van der Waals surface area contributed by atoms with Crippen molar-refractivity contribution in [3.05, 3.63) is 59.2 Å². The molecule has 1 spiro atoms. The van der Waals surface area contributed by atoms with Crippen molar-refractivity contribution < 1.29 is 19.7 Å². The molecule has 4 atom stereocenters. The molecule has 1 saturated carbocycles. The molecule has 2 heterocycles. The number of Topliss-reactive ketones (excluding diaryl/α,β-unsaturated/α-hetero) is 1. The van der Waals surface area contributed by atoms with Crippen LogP contribution in [0.5, 0.6) is 11.5 Å². The molecule has 2 N–H and O–H groups in total. The molecule has 2 aromatic rings. The van der Waals surface area contributed by atoms with E-state index in [0.29, 0.717) is 25.0 Å². The van der Waals surface area contributed by atoms with Gasteiger partial charge in [-0.2, -0.15) is 0 Å².